The number of thioether (sulfide) groups is 1. The Kier molecular flexibility index (Phi) is 9.93. The summed E-state index contributed by atoms with van der Waals surface area (Å²) < 4.78 is 0. The van der Waals surface area contributed by atoms with Gasteiger partial charge in [0.2, 0.25) is 11.8 Å². The van der Waals surface area contributed by atoms with Crippen molar-refractivity contribution in [3.05, 3.63) is 69.2 Å². The molecule has 1 atom stereocenters. The van der Waals surface area contributed by atoms with Crippen LogP contribution in [0.15, 0.2) is 42.5 Å². The summed E-state index contributed by atoms with van der Waals surface area (Å²) in [7, 11) is 0. The largest absolute Gasteiger partial charge is 0.350 e. The normalized spacial score (nSPS) is 12.3. The number of nitrogens with zero attached hydrogens (tertiary/aromatic N) is 1. The van der Waals surface area contributed by atoms with Crippen LogP contribution in [0.2, 0.25) is 10.0 Å². The molecule has 2 amide bonds. The minimum absolute atomic E-state index is 0.0718. The highest BCUT2D eigenvalue weighted by molar-refractivity contribution is 7.99. The molecule has 0 heterocycles. The Morgan fingerprint density at radius 3 is 2.44 bits per heavy atom. The summed E-state index contributed by atoms with van der Waals surface area (Å²) in [4.78, 5) is 28.0. The van der Waals surface area contributed by atoms with Crippen LogP contribution in [0.3, 0.4) is 0 Å². The van der Waals surface area contributed by atoms with Gasteiger partial charge in [-0.1, -0.05) is 66.0 Å². The molecule has 0 saturated heterocycles. The van der Waals surface area contributed by atoms with Crippen LogP contribution in [-0.2, 0) is 21.9 Å². The molecule has 32 heavy (non-hydrogen) atoms. The fourth-order valence-electron chi connectivity index (χ4n) is 3.35. The lowest BCUT2D eigenvalue weighted by molar-refractivity contribution is -0.140. The van der Waals surface area contributed by atoms with Gasteiger partial charge in [-0.2, -0.15) is 0 Å². The highest BCUT2D eigenvalue weighted by Gasteiger charge is 2.30. The minimum atomic E-state index is -0.540. The van der Waals surface area contributed by atoms with Gasteiger partial charge in [0.25, 0.3) is 0 Å². The molecular weight excluding hydrogens is 463 g/mol. The van der Waals surface area contributed by atoms with Crippen molar-refractivity contribution >= 4 is 46.8 Å². The third kappa shape index (κ3) is 8.34. The summed E-state index contributed by atoms with van der Waals surface area (Å²) in [5.74, 6) is 0.638. The summed E-state index contributed by atoms with van der Waals surface area (Å²) in [6.07, 6.45) is 0.535. The van der Waals surface area contributed by atoms with Gasteiger partial charge in [-0.25, -0.2) is 0 Å². The molecule has 2 aromatic rings. The Balaban J connectivity index is 2.17. The summed E-state index contributed by atoms with van der Waals surface area (Å²) in [6.45, 7) is 10.2. The van der Waals surface area contributed by atoms with E-state index in [1.54, 1.807) is 17.0 Å². The maximum absolute atomic E-state index is 13.3. The summed E-state index contributed by atoms with van der Waals surface area (Å²) in [6, 6.07) is 12.9. The molecule has 4 nitrogen and oxygen atoms in total. The van der Waals surface area contributed by atoms with Crippen molar-refractivity contribution in [2.75, 3.05) is 5.75 Å². The topological polar surface area (TPSA) is 49.4 Å². The molecule has 0 radical (unpaired) electrons. The summed E-state index contributed by atoms with van der Waals surface area (Å²) in [5.41, 5.74) is 2.68. The fourth-order valence-corrected chi connectivity index (χ4v) is 4.82. The molecule has 2 aromatic carbocycles. The highest BCUT2D eigenvalue weighted by atomic mass is 35.5. The maximum Gasteiger partial charge on any atom is 0.243 e. The molecule has 0 saturated carbocycles. The van der Waals surface area contributed by atoms with Crippen LogP contribution < -0.4 is 5.32 Å². The number of amides is 2. The molecule has 0 fully saturated rings. The fraction of sp³-hybridized carbons (Fsp3) is 0.440. The first kappa shape index (κ1) is 26.6. The van der Waals surface area contributed by atoms with E-state index in [0.717, 1.165) is 16.7 Å². The molecule has 0 spiro atoms. The van der Waals surface area contributed by atoms with Gasteiger partial charge in [0.1, 0.15) is 6.04 Å². The molecule has 7 heteroatoms. The minimum Gasteiger partial charge on any atom is -0.350 e. The number of aryl methyl sites for hydroxylation is 1. The van der Waals surface area contributed by atoms with Crippen LogP contribution in [0.4, 0.5) is 0 Å². The zero-order valence-electron chi connectivity index (χ0n) is 19.4. The van der Waals surface area contributed by atoms with Crippen molar-refractivity contribution in [1.82, 2.24) is 10.2 Å². The number of carbonyl (C=O) groups is 2. The Morgan fingerprint density at radius 1 is 1.12 bits per heavy atom. The molecule has 0 aliphatic heterocycles. The quantitative estimate of drug-likeness (QED) is 0.447. The number of hydrogen-bond donors (Lipinski definition) is 1. The van der Waals surface area contributed by atoms with Gasteiger partial charge in [-0.3, -0.25) is 9.59 Å². The Bertz CT molecular complexity index is 944. The van der Waals surface area contributed by atoms with E-state index in [2.05, 4.69) is 11.4 Å². The zero-order chi connectivity index (χ0) is 23.9. The van der Waals surface area contributed by atoms with Crippen LogP contribution >= 0.6 is 35.0 Å². The van der Waals surface area contributed by atoms with Gasteiger partial charge in [0.05, 0.1) is 5.75 Å². The first-order chi connectivity index (χ1) is 15.0. The van der Waals surface area contributed by atoms with Crippen LogP contribution in [0.1, 0.15) is 50.8 Å². The van der Waals surface area contributed by atoms with E-state index in [1.807, 2.05) is 58.9 Å². The molecule has 2 rings (SSSR count). The van der Waals surface area contributed by atoms with E-state index in [9.17, 15) is 9.59 Å². The second-order valence-electron chi connectivity index (χ2n) is 8.90. The second kappa shape index (κ2) is 12.0. The molecular formula is C25H32Cl2N2O2S. The van der Waals surface area contributed by atoms with E-state index in [0.29, 0.717) is 28.8 Å². The van der Waals surface area contributed by atoms with E-state index >= 15 is 0 Å². The van der Waals surface area contributed by atoms with Crippen LogP contribution in [0.5, 0.6) is 0 Å². The number of hydrogen-bond acceptors (Lipinski definition) is 3. The van der Waals surface area contributed by atoms with E-state index in [4.69, 9.17) is 23.2 Å². The third-order valence-corrected chi connectivity index (χ3v) is 6.37. The first-order valence-corrected chi connectivity index (χ1v) is 12.6. The van der Waals surface area contributed by atoms with Crippen molar-refractivity contribution in [2.24, 2.45) is 0 Å². The molecule has 0 aromatic heterocycles. The van der Waals surface area contributed by atoms with Crippen molar-refractivity contribution < 1.29 is 9.59 Å². The number of rotatable bonds is 9. The third-order valence-electron chi connectivity index (χ3n) is 4.82. The van der Waals surface area contributed by atoms with Crippen LogP contribution in [0, 0.1) is 6.92 Å². The van der Waals surface area contributed by atoms with Gasteiger partial charge in [-0.05, 0) is 57.4 Å². The Labute approximate surface area is 206 Å². The molecule has 174 valence electrons. The van der Waals surface area contributed by atoms with Gasteiger partial charge in [0, 0.05) is 27.9 Å². The van der Waals surface area contributed by atoms with Crippen LogP contribution in [0.25, 0.3) is 0 Å². The molecule has 0 aliphatic rings. The highest BCUT2D eigenvalue weighted by Crippen LogP contribution is 2.25. The van der Waals surface area contributed by atoms with Crippen molar-refractivity contribution in [1.29, 1.82) is 0 Å². The number of nitrogens with one attached hydrogen (secondary N) is 1. The smallest absolute Gasteiger partial charge is 0.243 e. The van der Waals surface area contributed by atoms with Crippen molar-refractivity contribution in [3.8, 4) is 0 Å². The number of carbonyl (C=O) groups excluding carboxylic acids is 2. The molecule has 0 unspecified atom stereocenters. The average Bonchev–Trinajstić information content (AvgIpc) is 2.68. The standard InChI is InChI=1S/C25H32Cl2N2O2S/c1-6-22(24(31)28-25(3,4)5)29(14-18-9-7-8-17(2)12-18)23(30)16-32-15-19-10-11-20(26)13-21(19)27/h7-13,22H,6,14-16H2,1-5H3,(H,28,31)/t22-/m1/s1. The van der Waals surface area contributed by atoms with Gasteiger partial charge >= 0.3 is 0 Å². The Morgan fingerprint density at radius 2 is 1.84 bits per heavy atom. The lowest BCUT2D eigenvalue weighted by Crippen LogP contribution is -2.53. The number of benzene rings is 2. The lowest BCUT2D eigenvalue weighted by Gasteiger charge is -2.33. The van der Waals surface area contributed by atoms with Crippen LogP contribution in [-0.4, -0.2) is 34.0 Å². The summed E-state index contributed by atoms with van der Waals surface area (Å²) >= 11 is 13.7. The predicted molar refractivity (Wildman–Crippen MR) is 136 cm³/mol. The van der Waals surface area contributed by atoms with E-state index < -0.39 is 6.04 Å². The molecule has 1 N–H and O–H groups in total. The maximum atomic E-state index is 13.3. The Hall–Kier alpha value is -1.69. The van der Waals surface area contributed by atoms with Crippen molar-refractivity contribution in [2.45, 2.75) is 64.9 Å². The zero-order valence-corrected chi connectivity index (χ0v) is 21.7. The molecule has 0 aliphatic carbocycles. The predicted octanol–water partition coefficient (Wildman–Crippen LogP) is 6.26. The SMILES string of the molecule is CC[C@H](C(=O)NC(C)(C)C)N(Cc1cccc(C)c1)C(=O)CSCc1ccc(Cl)cc1Cl. The monoisotopic (exact) mass is 494 g/mol. The van der Waals surface area contributed by atoms with E-state index in [-0.39, 0.29) is 23.1 Å². The van der Waals surface area contributed by atoms with E-state index in [1.165, 1.54) is 11.8 Å². The van der Waals surface area contributed by atoms with Gasteiger partial charge in [0.15, 0.2) is 0 Å². The second-order valence-corrected chi connectivity index (χ2v) is 10.7. The average molecular weight is 496 g/mol. The van der Waals surface area contributed by atoms with Gasteiger partial charge in [-0.15, -0.1) is 11.8 Å². The molecule has 0 bridgehead atoms. The lowest BCUT2D eigenvalue weighted by atomic mass is 10.1. The van der Waals surface area contributed by atoms with Gasteiger partial charge < -0.3 is 10.2 Å². The first-order valence-electron chi connectivity index (χ1n) is 10.7. The summed E-state index contributed by atoms with van der Waals surface area (Å²) in [5, 5.41) is 4.20. The number of halogens is 2. The van der Waals surface area contributed by atoms with Crippen molar-refractivity contribution in [3.63, 3.8) is 0 Å².